The monoisotopic (exact) mass is 396 g/mol. The van der Waals surface area contributed by atoms with Gasteiger partial charge in [0, 0.05) is 31.8 Å². The molecular weight excluding hydrogens is 352 g/mol. The fraction of sp³-hybridized carbons (Fsp3) is 0.870. The molecule has 0 saturated carbocycles. The zero-order chi connectivity index (χ0) is 21.4. The van der Waals surface area contributed by atoms with Crippen molar-refractivity contribution in [3.05, 3.63) is 0 Å². The smallest absolute Gasteiger partial charge is 0.220 e. The Kier molecular flexibility index (Phi) is 15.7. The standard InChI is InChI=1S/C23H44N2O3/c1-6-10-12-19(8-3)16-24-22(27)14-21(18(5)26)15-23(28)25-17-20(9-4)13-11-7-2/h19-21H,6-17H2,1-5H3,(H,24,27)(H,25,28). The van der Waals surface area contributed by atoms with Crippen molar-refractivity contribution in [1.29, 1.82) is 0 Å². The Labute approximate surface area is 172 Å². The molecule has 164 valence electrons. The highest BCUT2D eigenvalue weighted by Crippen LogP contribution is 2.14. The minimum atomic E-state index is -0.536. The third kappa shape index (κ3) is 12.9. The van der Waals surface area contributed by atoms with E-state index in [1.54, 1.807) is 0 Å². The highest BCUT2D eigenvalue weighted by molar-refractivity contribution is 5.89. The highest BCUT2D eigenvalue weighted by atomic mass is 16.2. The molecule has 0 aliphatic rings. The topological polar surface area (TPSA) is 75.3 Å². The summed E-state index contributed by atoms with van der Waals surface area (Å²) in [5.74, 6) is 0.0802. The lowest BCUT2D eigenvalue weighted by Crippen LogP contribution is -2.35. The van der Waals surface area contributed by atoms with Gasteiger partial charge in [0.1, 0.15) is 5.78 Å². The van der Waals surface area contributed by atoms with Crippen LogP contribution in [0.2, 0.25) is 0 Å². The van der Waals surface area contributed by atoms with Gasteiger partial charge in [-0.2, -0.15) is 0 Å². The second kappa shape index (κ2) is 16.6. The van der Waals surface area contributed by atoms with E-state index in [0.29, 0.717) is 24.9 Å². The molecule has 0 bridgehead atoms. The van der Waals surface area contributed by atoms with Gasteiger partial charge in [0.05, 0.1) is 0 Å². The van der Waals surface area contributed by atoms with Crippen molar-refractivity contribution in [3.63, 3.8) is 0 Å². The average Bonchev–Trinajstić information content (AvgIpc) is 2.67. The van der Waals surface area contributed by atoms with Crippen LogP contribution in [0.5, 0.6) is 0 Å². The van der Waals surface area contributed by atoms with Gasteiger partial charge in [-0.1, -0.05) is 66.2 Å². The van der Waals surface area contributed by atoms with Crippen molar-refractivity contribution < 1.29 is 14.4 Å². The normalized spacial score (nSPS) is 14.2. The number of carbonyl (C=O) groups is 3. The van der Waals surface area contributed by atoms with Gasteiger partial charge in [0.25, 0.3) is 0 Å². The van der Waals surface area contributed by atoms with Crippen LogP contribution in [-0.2, 0) is 14.4 Å². The maximum atomic E-state index is 12.3. The maximum absolute atomic E-state index is 12.3. The zero-order valence-corrected chi connectivity index (χ0v) is 18.9. The Morgan fingerprint density at radius 3 is 1.39 bits per heavy atom. The summed E-state index contributed by atoms with van der Waals surface area (Å²) in [6, 6.07) is 0. The van der Waals surface area contributed by atoms with E-state index >= 15 is 0 Å². The molecule has 0 heterocycles. The Hall–Kier alpha value is -1.39. The van der Waals surface area contributed by atoms with Crippen LogP contribution < -0.4 is 10.6 Å². The molecule has 2 amide bonds. The average molecular weight is 397 g/mol. The van der Waals surface area contributed by atoms with Gasteiger partial charge in [0.15, 0.2) is 0 Å². The number of rotatable bonds is 17. The first kappa shape index (κ1) is 26.6. The van der Waals surface area contributed by atoms with Crippen molar-refractivity contribution in [3.8, 4) is 0 Å². The van der Waals surface area contributed by atoms with E-state index in [9.17, 15) is 14.4 Å². The molecule has 0 aliphatic carbocycles. The van der Waals surface area contributed by atoms with Crippen molar-refractivity contribution in [2.75, 3.05) is 13.1 Å². The summed E-state index contributed by atoms with van der Waals surface area (Å²) in [6.07, 6.45) is 9.14. The quantitative estimate of drug-likeness (QED) is 0.376. The molecule has 0 aromatic heterocycles. The summed E-state index contributed by atoms with van der Waals surface area (Å²) >= 11 is 0. The maximum Gasteiger partial charge on any atom is 0.220 e. The molecule has 0 aromatic rings. The van der Waals surface area contributed by atoms with Gasteiger partial charge in [0.2, 0.25) is 11.8 Å². The van der Waals surface area contributed by atoms with Gasteiger partial charge >= 0.3 is 0 Å². The van der Waals surface area contributed by atoms with Gasteiger partial charge in [-0.25, -0.2) is 0 Å². The summed E-state index contributed by atoms with van der Waals surface area (Å²) in [5, 5.41) is 5.92. The number of ketones is 1. The molecule has 0 aliphatic heterocycles. The number of Topliss-reactive ketones (excluding diaryl/α,β-unsaturated/α-hetero) is 1. The molecule has 28 heavy (non-hydrogen) atoms. The molecular formula is C23H44N2O3. The van der Waals surface area contributed by atoms with Crippen LogP contribution in [0, 0.1) is 17.8 Å². The second-order valence-electron chi connectivity index (χ2n) is 8.16. The van der Waals surface area contributed by atoms with Crippen LogP contribution >= 0.6 is 0 Å². The van der Waals surface area contributed by atoms with Gasteiger partial charge in [-0.05, 0) is 31.6 Å². The summed E-state index contributed by atoms with van der Waals surface area (Å²) in [5.41, 5.74) is 0. The first-order valence-corrected chi connectivity index (χ1v) is 11.4. The highest BCUT2D eigenvalue weighted by Gasteiger charge is 2.22. The zero-order valence-electron chi connectivity index (χ0n) is 18.9. The minimum Gasteiger partial charge on any atom is -0.356 e. The second-order valence-corrected chi connectivity index (χ2v) is 8.16. The summed E-state index contributed by atoms with van der Waals surface area (Å²) in [6.45, 7) is 11.4. The lowest BCUT2D eigenvalue weighted by molar-refractivity contribution is -0.131. The third-order valence-electron chi connectivity index (χ3n) is 5.70. The molecule has 5 heteroatoms. The molecule has 0 aromatic carbocycles. The predicted molar refractivity (Wildman–Crippen MR) is 116 cm³/mol. The van der Waals surface area contributed by atoms with Crippen LogP contribution in [0.15, 0.2) is 0 Å². The predicted octanol–water partition coefficient (Wildman–Crippen LogP) is 4.64. The van der Waals surface area contributed by atoms with E-state index in [4.69, 9.17) is 0 Å². The molecule has 0 radical (unpaired) electrons. The first-order valence-electron chi connectivity index (χ1n) is 11.4. The van der Waals surface area contributed by atoms with Gasteiger partial charge < -0.3 is 10.6 Å². The van der Waals surface area contributed by atoms with Crippen LogP contribution in [-0.4, -0.2) is 30.7 Å². The fourth-order valence-electron chi connectivity index (χ4n) is 3.35. The summed E-state index contributed by atoms with van der Waals surface area (Å²) in [7, 11) is 0. The molecule has 2 N–H and O–H groups in total. The van der Waals surface area contributed by atoms with Crippen LogP contribution in [0.3, 0.4) is 0 Å². The Morgan fingerprint density at radius 2 is 1.11 bits per heavy atom. The van der Waals surface area contributed by atoms with Crippen LogP contribution in [0.25, 0.3) is 0 Å². The number of hydrogen-bond donors (Lipinski definition) is 2. The minimum absolute atomic E-state index is 0.0960. The Balaban J connectivity index is 4.40. The molecule has 2 unspecified atom stereocenters. The lowest BCUT2D eigenvalue weighted by Gasteiger charge is -2.18. The van der Waals surface area contributed by atoms with Crippen LogP contribution in [0.1, 0.15) is 98.8 Å². The Bertz CT molecular complexity index is 417. The van der Waals surface area contributed by atoms with E-state index in [1.165, 1.54) is 19.8 Å². The van der Waals surface area contributed by atoms with E-state index in [0.717, 1.165) is 38.5 Å². The first-order chi connectivity index (χ1) is 13.4. The Morgan fingerprint density at radius 1 is 0.714 bits per heavy atom. The van der Waals surface area contributed by atoms with Crippen molar-refractivity contribution in [2.45, 2.75) is 98.8 Å². The van der Waals surface area contributed by atoms with Gasteiger partial charge in [-0.3, -0.25) is 14.4 Å². The van der Waals surface area contributed by atoms with E-state index < -0.39 is 5.92 Å². The number of nitrogens with one attached hydrogen (secondary N) is 2. The number of hydrogen-bond acceptors (Lipinski definition) is 3. The molecule has 0 fully saturated rings. The number of unbranched alkanes of at least 4 members (excludes halogenated alkanes) is 2. The number of carbonyl (C=O) groups excluding carboxylic acids is 3. The van der Waals surface area contributed by atoms with Crippen molar-refractivity contribution in [1.82, 2.24) is 10.6 Å². The van der Waals surface area contributed by atoms with Crippen molar-refractivity contribution >= 4 is 17.6 Å². The molecule has 5 nitrogen and oxygen atoms in total. The lowest BCUT2D eigenvalue weighted by atomic mass is 9.95. The van der Waals surface area contributed by atoms with E-state index in [-0.39, 0.29) is 30.4 Å². The number of amides is 2. The van der Waals surface area contributed by atoms with Crippen molar-refractivity contribution in [2.24, 2.45) is 17.8 Å². The molecule has 0 rings (SSSR count). The van der Waals surface area contributed by atoms with Gasteiger partial charge in [-0.15, -0.1) is 0 Å². The molecule has 0 saturated heterocycles. The summed E-state index contributed by atoms with van der Waals surface area (Å²) in [4.78, 5) is 36.5. The van der Waals surface area contributed by atoms with Crippen LogP contribution in [0.4, 0.5) is 0 Å². The molecule has 0 spiro atoms. The largest absolute Gasteiger partial charge is 0.356 e. The molecule has 2 atom stereocenters. The fourth-order valence-corrected chi connectivity index (χ4v) is 3.35. The van der Waals surface area contributed by atoms with E-state index in [1.807, 2.05) is 0 Å². The third-order valence-corrected chi connectivity index (χ3v) is 5.70. The van der Waals surface area contributed by atoms with E-state index in [2.05, 4.69) is 38.3 Å². The SMILES string of the molecule is CCCCC(CC)CNC(=O)CC(CC(=O)NCC(CC)CCCC)C(C)=O. The summed E-state index contributed by atoms with van der Waals surface area (Å²) < 4.78 is 0.